The summed E-state index contributed by atoms with van der Waals surface area (Å²) in [5, 5.41) is 0. The zero-order valence-corrected chi connectivity index (χ0v) is 9.51. The van der Waals surface area contributed by atoms with Crippen LogP contribution in [0.5, 0.6) is 0 Å². The fourth-order valence-electron chi connectivity index (χ4n) is 0.776. The predicted octanol–water partition coefficient (Wildman–Crippen LogP) is 4.11. The molecule has 12 heavy (non-hydrogen) atoms. The highest BCUT2D eigenvalue weighted by atomic mass is 33.1. The molecule has 0 heterocycles. The second kappa shape index (κ2) is 4.90. The van der Waals surface area contributed by atoms with Gasteiger partial charge in [0, 0.05) is 6.26 Å². The van der Waals surface area contributed by atoms with Gasteiger partial charge in [0.1, 0.15) is 11.4 Å². The van der Waals surface area contributed by atoms with Gasteiger partial charge in [-0.1, -0.05) is 18.2 Å². The van der Waals surface area contributed by atoms with E-state index in [1.165, 1.54) is 28.3 Å². The molecule has 1 atom stereocenters. The highest BCUT2D eigenvalue weighted by Crippen LogP contribution is 2.53. The van der Waals surface area contributed by atoms with E-state index in [1.807, 2.05) is 37.4 Å². The summed E-state index contributed by atoms with van der Waals surface area (Å²) in [5.74, 6) is 0. The fourth-order valence-corrected chi connectivity index (χ4v) is 4.08. The Morgan fingerprint density at radius 1 is 1.33 bits per heavy atom. The van der Waals surface area contributed by atoms with Crippen molar-refractivity contribution in [1.82, 2.24) is 0 Å². The van der Waals surface area contributed by atoms with Crippen molar-refractivity contribution in [2.75, 3.05) is 6.26 Å². The molecule has 0 radical (unpaired) electrons. The molecule has 0 N–H and O–H groups in total. The maximum atomic E-state index is 11.2. The van der Waals surface area contributed by atoms with E-state index < -0.39 is 6.20 Å². The van der Waals surface area contributed by atoms with Crippen molar-refractivity contribution in [3.63, 3.8) is 0 Å². The summed E-state index contributed by atoms with van der Waals surface area (Å²) < 4.78 is 11.2. The van der Waals surface area contributed by atoms with Gasteiger partial charge in [-0.15, -0.1) is 0 Å². The molecule has 0 aliphatic heterocycles. The summed E-state index contributed by atoms with van der Waals surface area (Å²) in [6.45, 7) is 2.03. The van der Waals surface area contributed by atoms with Gasteiger partial charge < -0.3 is 0 Å². The maximum absolute atomic E-state index is 11.2. The van der Waals surface area contributed by atoms with E-state index in [4.69, 9.17) is 0 Å². The molecule has 1 rings (SSSR count). The van der Waals surface area contributed by atoms with Crippen LogP contribution < -0.4 is 0 Å². The van der Waals surface area contributed by atoms with Crippen LogP contribution in [0.4, 0.5) is 0 Å². The molecule has 0 aliphatic rings. The van der Waals surface area contributed by atoms with Crippen molar-refractivity contribution in [3.05, 3.63) is 29.8 Å². The van der Waals surface area contributed by atoms with Gasteiger partial charge in [0.2, 0.25) is 0 Å². The van der Waals surface area contributed by atoms with Crippen LogP contribution >= 0.6 is 29.0 Å². The van der Waals surface area contributed by atoms with Crippen LogP contribution in [-0.4, -0.2) is 6.26 Å². The second-order valence-corrected chi connectivity index (χ2v) is 8.02. The lowest BCUT2D eigenvalue weighted by molar-refractivity contribution is 0.603. The van der Waals surface area contributed by atoms with Gasteiger partial charge in [0.25, 0.3) is 0 Å². The van der Waals surface area contributed by atoms with Gasteiger partial charge in [-0.2, -0.15) is 0 Å². The summed E-state index contributed by atoms with van der Waals surface area (Å²) in [5.41, 5.74) is 1.19. The molecule has 1 nitrogen and oxygen atoms in total. The van der Waals surface area contributed by atoms with Crippen LogP contribution in [0.1, 0.15) is 5.56 Å². The summed E-state index contributed by atoms with van der Waals surface area (Å²) >= 11 is 2.84. The number of rotatable bonds is 3. The molecule has 0 bridgehead atoms. The molecular formula is C8H10OPS2+. The summed E-state index contributed by atoms with van der Waals surface area (Å²) in [7, 11) is 0. The summed E-state index contributed by atoms with van der Waals surface area (Å²) in [6.07, 6.45) is 0.678. The average molecular weight is 217 g/mol. The molecule has 1 unspecified atom stereocenters. The molecule has 1 aromatic rings. The minimum Gasteiger partial charge on any atom is -0.0619 e. The van der Waals surface area contributed by atoms with Crippen molar-refractivity contribution in [2.45, 2.75) is 11.8 Å². The first-order chi connectivity index (χ1) is 5.74. The van der Waals surface area contributed by atoms with E-state index in [-0.39, 0.29) is 0 Å². The molecule has 0 spiro atoms. The van der Waals surface area contributed by atoms with Crippen LogP contribution in [0, 0.1) is 6.92 Å². The van der Waals surface area contributed by atoms with Crippen molar-refractivity contribution < 1.29 is 4.57 Å². The molecule has 0 fully saturated rings. The third-order valence-electron chi connectivity index (χ3n) is 1.42. The lowest BCUT2D eigenvalue weighted by Crippen LogP contribution is -1.73. The normalized spacial score (nSPS) is 11.3. The van der Waals surface area contributed by atoms with E-state index in [9.17, 15) is 4.57 Å². The molecule has 0 aliphatic carbocycles. The van der Waals surface area contributed by atoms with E-state index in [0.29, 0.717) is 0 Å². The van der Waals surface area contributed by atoms with Crippen LogP contribution in [0.25, 0.3) is 0 Å². The van der Waals surface area contributed by atoms with Gasteiger partial charge >= 0.3 is 6.20 Å². The quantitative estimate of drug-likeness (QED) is 0.709. The van der Waals surface area contributed by atoms with Crippen LogP contribution in [-0.2, 0) is 4.57 Å². The predicted molar refractivity (Wildman–Crippen MR) is 58.2 cm³/mol. The second-order valence-electron chi connectivity index (χ2n) is 2.26. The van der Waals surface area contributed by atoms with E-state index in [0.717, 1.165) is 4.90 Å². The minimum absolute atomic E-state index is 1.12. The Labute approximate surface area is 81.6 Å². The molecule has 0 saturated carbocycles. The van der Waals surface area contributed by atoms with E-state index in [1.54, 1.807) is 0 Å². The van der Waals surface area contributed by atoms with Crippen LogP contribution in [0.3, 0.4) is 0 Å². The Morgan fingerprint density at radius 2 is 2.00 bits per heavy atom. The molecule has 0 aromatic heterocycles. The molecule has 0 saturated heterocycles. The van der Waals surface area contributed by atoms with Crippen molar-refractivity contribution in [3.8, 4) is 0 Å². The Morgan fingerprint density at radius 3 is 2.58 bits per heavy atom. The Balaban J connectivity index is 2.75. The Bertz CT molecular complexity index is 288. The zero-order valence-electron chi connectivity index (χ0n) is 6.98. The molecule has 1 aromatic carbocycles. The first-order valence-electron chi connectivity index (χ1n) is 3.49. The average Bonchev–Trinajstić information content (AvgIpc) is 2.09. The molecular weight excluding hydrogens is 207 g/mol. The highest BCUT2D eigenvalue weighted by molar-refractivity contribution is 8.84. The highest BCUT2D eigenvalue weighted by Gasteiger charge is 2.18. The molecule has 64 valence electrons. The van der Waals surface area contributed by atoms with Gasteiger partial charge in [-0.25, -0.2) is 0 Å². The summed E-state index contributed by atoms with van der Waals surface area (Å²) in [6, 6.07) is 8.00. The number of hydrogen-bond acceptors (Lipinski definition) is 3. The fraction of sp³-hybridized carbons (Fsp3) is 0.250. The lowest BCUT2D eigenvalue weighted by atomic mass is 10.2. The topological polar surface area (TPSA) is 17.1 Å². The van der Waals surface area contributed by atoms with E-state index >= 15 is 0 Å². The first-order valence-corrected chi connectivity index (χ1v) is 8.00. The third kappa shape index (κ3) is 2.81. The standard InChI is InChI=1S/C8H10OPS2/c1-7-5-3-4-6-8(7)12-10(9)11-2/h3-6H,1-2H3/q+1. The number of benzene rings is 1. The Kier molecular flexibility index (Phi) is 4.13. The van der Waals surface area contributed by atoms with Gasteiger partial charge in [0.15, 0.2) is 11.4 Å². The summed E-state index contributed by atoms with van der Waals surface area (Å²) in [4.78, 5) is 1.12. The molecule has 4 heteroatoms. The monoisotopic (exact) mass is 217 g/mol. The smallest absolute Gasteiger partial charge is 0.0619 e. The van der Waals surface area contributed by atoms with Gasteiger partial charge in [-0.3, -0.25) is 0 Å². The minimum atomic E-state index is -1.19. The zero-order chi connectivity index (χ0) is 8.97. The van der Waals surface area contributed by atoms with Crippen molar-refractivity contribution in [2.24, 2.45) is 0 Å². The van der Waals surface area contributed by atoms with Crippen LogP contribution in [0.2, 0.25) is 0 Å². The largest absolute Gasteiger partial charge is 0.488 e. The SMILES string of the molecule is CS[P+](=O)Sc1ccccc1C. The third-order valence-corrected chi connectivity index (χ3v) is 6.46. The maximum Gasteiger partial charge on any atom is 0.488 e. The van der Waals surface area contributed by atoms with E-state index in [2.05, 4.69) is 0 Å². The Hall–Kier alpha value is 0.0200. The number of hydrogen-bond donors (Lipinski definition) is 0. The van der Waals surface area contributed by atoms with Crippen molar-refractivity contribution >= 4 is 29.0 Å². The lowest BCUT2D eigenvalue weighted by Gasteiger charge is -1.94. The van der Waals surface area contributed by atoms with Gasteiger partial charge in [-0.05, 0) is 23.1 Å². The van der Waals surface area contributed by atoms with Gasteiger partial charge in [0.05, 0.1) is 4.90 Å². The number of aryl methyl sites for hydroxylation is 1. The van der Waals surface area contributed by atoms with Crippen molar-refractivity contribution in [1.29, 1.82) is 0 Å². The first kappa shape index (κ1) is 10.1. The van der Waals surface area contributed by atoms with Crippen LogP contribution in [0.15, 0.2) is 29.2 Å². The molecule has 0 amide bonds.